The molecule has 2 aliphatic rings. The maximum atomic E-state index is 12.6. The van der Waals surface area contributed by atoms with E-state index < -0.39 is 12.0 Å². The molecule has 2 heterocycles. The minimum Gasteiger partial charge on any atom is -0.480 e. The third-order valence-electron chi connectivity index (χ3n) is 4.98. The lowest BCUT2D eigenvalue weighted by Gasteiger charge is -2.39. The Morgan fingerprint density at radius 3 is 2.48 bits per heavy atom. The number of hydrogen-bond acceptors (Lipinski definition) is 3. The van der Waals surface area contributed by atoms with Crippen molar-refractivity contribution in [2.75, 3.05) is 33.7 Å². The van der Waals surface area contributed by atoms with Crippen LogP contribution in [-0.4, -0.2) is 77.6 Å². The number of amides is 2. The summed E-state index contributed by atoms with van der Waals surface area (Å²) < 4.78 is 0. The summed E-state index contributed by atoms with van der Waals surface area (Å²) in [6, 6.07) is -0.374. The van der Waals surface area contributed by atoms with Gasteiger partial charge in [-0.25, -0.2) is 9.59 Å². The lowest BCUT2D eigenvalue weighted by Crippen LogP contribution is -2.54. The highest BCUT2D eigenvalue weighted by Crippen LogP contribution is 2.27. The molecule has 2 rings (SSSR count). The number of aliphatic carboxylic acids is 1. The van der Waals surface area contributed by atoms with Crippen molar-refractivity contribution in [3.63, 3.8) is 0 Å². The molecule has 120 valence electrons. The van der Waals surface area contributed by atoms with Crippen molar-refractivity contribution < 1.29 is 14.7 Å². The van der Waals surface area contributed by atoms with Crippen LogP contribution in [0.5, 0.6) is 0 Å². The van der Waals surface area contributed by atoms with Gasteiger partial charge in [0, 0.05) is 25.7 Å². The van der Waals surface area contributed by atoms with Crippen molar-refractivity contribution in [2.45, 2.75) is 44.7 Å². The Morgan fingerprint density at radius 1 is 1.24 bits per heavy atom. The Hall–Kier alpha value is -1.30. The molecule has 0 radical (unpaired) electrons. The maximum Gasteiger partial charge on any atom is 0.326 e. The number of nitrogens with zero attached hydrogens (tertiary/aromatic N) is 3. The highest BCUT2D eigenvalue weighted by molar-refractivity contribution is 5.83. The number of carboxylic acid groups (broad SMARTS) is 1. The second-order valence-electron chi connectivity index (χ2n) is 6.48. The second kappa shape index (κ2) is 6.64. The molecule has 0 aliphatic carbocycles. The van der Waals surface area contributed by atoms with Gasteiger partial charge in [0.1, 0.15) is 6.04 Å². The summed E-state index contributed by atoms with van der Waals surface area (Å²) in [5.74, 6) is -0.451. The van der Waals surface area contributed by atoms with Crippen molar-refractivity contribution in [3.8, 4) is 0 Å². The first-order valence-corrected chi connectivity index (χ1v) is 7.88. The Bertz CT molecular complexity index is 400. The fourth-order valence-electron chi connectivity index (χ4n) is 3.39. The lowest BCUT2D eigenvalue weighted by atomic mass is 9.89. The van der Waals surface area contributed by atoms with Gasteiger partial charge in [-0.05, 0) is 39.3 Å². The number of carbonyl (C=O) groups excluding carboxylic acids is 1. The summed E-state index contributed by atoms with van der Waals surface area (Å²) in [6.45, 7) is 4.08. The zero-order valence-corrected chi connectivity index (χ0v) is 13.3. The van der Waals surface area contributed by atoms with Crippen LogP contribution in [-0.2, 0) is 4.79 Å². The minimum absolute atomic E-state index is 0.0960. The molecule has 2 aliphatic heterocycles. The van der Waals surface area contributed by atoms with E-state index in [-0.39, 0.29) is 6.03 Å². The standard InChI is InChI=1S/C15H27N3O3/c1-4-11-5-8-18(13(9-11)14(19)20)15(21)17-7-6-12(10-17)16(2)3/h11-13H,4-10H2,1-3H3,(H,19,20). The van der Waals surface area contributed by atoms with Crippen molar-refractivity contribution in [1.29, 1.82) is 0 Å². The zero-order chi connectivity index (χ0) is 15.6. The van der Waals surface area contributed by atoms with E-state index in [1.165, 1.54) is 0 Å². The number of rotatable bonds is 3. The molecule has 0 bridgehead atoms. The highest BCUT2D eigenvalue weighted by Gasteiger charge is 2.39. The van der Waals surface area contributed by atoms with E-state index >= 15 is 0 Å². The van der Waals surface area contributed by atoms with Crippen LogP contribution in [0.3, 0.4) is 0 Å². The minimum atomic E-state index is -0.871. The van der Waals surface area contributed by atoms with Crippen molar-refractivity contribution in [2.24, 2.45) is 5.92 Å². The third-order valence-corrected chi connectivity index (χ3v) is 4.98. The average molecular weight is 297 g/mol. The van der Waals surface area contributed by atoms with Gasteiger partial charge in [-0.2, -0.15) is 0 Å². The molecule has 3 unspecified atom stereocenters. The number of likely N-dealkylation sites (tertiary alicyclic amines) is 2. The number of hydrogen-bond donors (Lipinski definition) is 1. The Morgan fingerprint density at radius 2 is 1.95 bits per heavy atom. The van der Waals surface area contributed by atoms with Crippen LogP contribution in [0, 0.1) is 5.92 Å². The molecule has 0 aromatic carbocycles. The molecular weight excluding hydrogens is 270 g/mol. The summed E-state index contributed by atoms with van der Waals surface area (Å²) in [5.41, 5.74) is 0. The second-order valence-corrected chi connectivity index (χ2v) is 6.48. The van der Waals surface area contributed by atoms with Gasteiger partial charge in [0.25, 0.3) is 0 Å². The number of carboxylic acids is 1. The number of piperidine rings is 1. The monoisotopic (exact) mass is 297 g/mol. The molecule has 2 saturated heterocycles. The SMILES string of the molecule is CCC1CCN(C(=O)N2CCC(N(C)C)C2)C(C(=O)O)C1. The third kappa shape index (κ3) is 3.48. The highest BCUT2D eigenvalue weighted by atomic mass is 16.4. The molecule has 0 aromatic heterocycles. The summed E-state index contributed by atoms with van der Waals surface area (Å²) in [4.78, 5) is 29.7. The first-order valence-electron chi connectivity index (χ1n) is 7.88. The number of likely N-dealkylation sites (N-methyl/N-ethyl adjacent to an activating group) is 1. The Balaban J connectivity index is 2.02. The molecule has 6 nitrogen and oxygen atoms in total. The van der Waals surface area contributed by atoms with Crippen LogP contribution in [0.15, 0.2) is 0 Å². The lowest BCUT2D eigenvalue weighted by molar-refractivity contribution is -0.144. The van der Waals surface area contributed by atoms with Crippen LogP contribution < -0.4 is 0 Å². The summed E-state index contributed by atoms with van der Waals surface area (Å²) >= 11 is 0. The Labute approximate surface area is 126 Å². The van der Waals surface area contributed by atoms with Gasteiger partial charge in [0.15, 0.2) is 0 Å². The van der Waals surface area contributed by atoms with Gasteiger partial charge in [0.2, 0.25) is 0 Å². The molecule has 0 spiro atoms. The largest absolute Gasteiger partial charge is 0.480 e. The molecule has 2 amide bonds. The average Bonchev–Trinajstić information content (AvgIpc) is 2.95. The van der Waals surface area contributed by atoms with Crippen molar-refractivity contribution in [1.82, 2.24) is 14.7 Å². The maximum absolute atomic E-state index is 12.6. The van der Waals surface area contributed by atoms with E-state index in [1.807, 2.05) is 19.0 Å². The molecule has 3 atom stereocenters. The summed E-state index contributed by atoms with van der Waals surface area (Å²) in [6.07, 6.45) is 3.44. The predicted octanol–water partition coefficient (Wildman–Crippen LogP) is 1.32. The molecule has 2 fully saturated rings. The van der Waals surface area contributed by atoms with Crippen LogP contribution in [0.2, 0.25) is 0 Å². The van der Waals surface area contributed by atoms with E-state index in [1.54, 1.807) is 4.90 Å². The first kappa shape index (κ1) is 16.1. The fourth-order valence-corrected chi connectivity index (χ4v) is 3.39. The fraction of sp³-hybridized carbons (Fsp3) is 0.867. The Kier molecular flexibility index (Phi) is 5.08. The van der Waals surface area contributed by atoms with Gasteiger partial charge in [-0.3, -0.25) is 0 Å². The normalized spacial score (nSPS) is 30.0. The van der Waals surface area contributed by atoms with Crippen LogP contribution in [0.4, 0.5) is 4.79 Å². The van der Waals surface area contributed by atoms with Gasteiger partial charge in [-0.15, -0.1) is 0 Å². The molecule has 6 heteroatoms. The summed E-state index contributed by atoms with van der Waals surface area (Å²) in [7, 11) is 4.04. The topological polar surface area (TPSA) is 64.1 Å². The zero-order valence-electron chi connectivity index (χ0n) is 13.3. The van der Waals surface area contributed by atoms with E-state index in [0.717, 1.165) is 25.8 Å². The van der Waals surface area contributed by atoms with Gasteiger partial charge >= 0.3 is 12.0 Å². The quantitative estimate of drug-likeness (QED) is 0.853. The van der Waals surface area contributed by atoms with Gasteiger partial charge in [-0.1, -0.05) is 13.3 Å². The number of carbonyl (C=O) groups is 2. The first-order chi connectivity index (χ1) is 9.93. The molecule has 21 heavy (non-hydrogen) atoms. The van der Waals surface area contributed by atoms with Crippen LogP contribution in [0.25, 0.3) is 0 Å². The van der Waals surface area contributed by atoms with Gasteiger partial charge in [0.05, 0.1) is 0 Å². The van der Waals surface area contributed by atoms with Crippen molar-refractivity contribution in [3.05, 3.63) is 0 Å². The van der Waals surface area contributed by atoms with E-state index in [4.69, 9.17) is 0 Å². The van der Waals surface area contributed by atoms with Crippen molar-refractivity contribution >= 4 is 12.0 Å². The van der Waals surface area contributed by atoms with Gasteiger partial charge < -0.3 is 19.8 Å². The molecule has 0 saturated carbocycles. The molecule has 1 N–H and O–H groups in total. The van der Waals surface area contributed by atoms with Crippen LogP contribution >= 0.6 is 0 Å². The summed E-state index contributed by atoms with van der Waals surface area (Å²) in [5, 5.41) is 9.43. The predicted molar refractivity (Wildman–Crippen MR) is 80.2 cm³/mol. The molecule has 0 aromatic rings. The van der Waals surface area contributed by atoms with Crippen LogP contribution in [0.1, 0.15) is 32.6 Å². The number of urea groups is 1. The van der Waals surface area contributed by atoms with E-state index in [2.05, 4.69) is 11.8 Å². The van der Waals surface area contributed by atoms with E-state index in [0.29, 0.717) is 31.5 Å². The molecular formula is C15H27N3O3. The van der Waals surface area contributed by atoms with E-state index in [9.17, 15) is 14.7 Å². The smallest absolute Gasteiger partial charge is 0.326 e.